The number of fused-ring (bicyclic) bond motifs is 3. The van der Waals surface area contributed by atoms with Crippen LogP contribution in [0.4, 0.5) is 4.79 Å². The van der Waals surface area contributed by atoms with E-state index < -0.39 is 24.3 Å². The van der Waals surface area contributed by atoms with E-state index in [1.807, 2.05) is 36.9 Å². The van der Waals surface area contributed by atoms with E-state index in [9.17, 15) is 14.4 Å². The molecule has 0 N–H and O–H groups in total. The van der Waals surface area contributed by atoms with Crippen LogP contribution in [0.15, 0.2) is 46.7 Å². The summed E-state index contributed by atoms with van der Waals surface area (Å²) >= 11 is 0. The summed E-state index contributed by atoms with van der Waals surface area (Å²) < 4.78 is 0. The molecule has 1 aromatic rings. The van der Waals surface area contributed by atoms with Crippen molar-refractivity contribution in [1.82, 2.24) is 19.6 Å². The number of urea groups is 1. The third-order valence-corrected chi connectivity index (χ3v) is 6.53. The number of ketones is 1. The Kier molecular flexibility index (Phi) is 4.67. The third-order valence-electron chi connectivity index (χ3n) is 6.53. The zero-order valence-corrected chi connectivity index (χ0v) is 18.2. The van der Waals surface area contributed by atoms with Crippen molar-refractivity contribution in [2.75, 3.05) is 7.05 Å². The van der Waals surface area contributed by atoms with E-state index in [0.29, 0.717) is 5.96 Å². The zero-order chi connectivity index (χ0) is 21.9. The molecule has 0 radical (unpaired) electrons. The number of carbonyl (C=O) groups excluding carboxylic acids is 3. The predicted octanol–water partition coefficient (Wildman–Crippen LogP) is 2.55. The first kappa shape index (κ1) is 20.1. The smallest absolute Gasteiger partial charge is 0.307 e. The van der Waals surface area contributed by atoms with Gasteiger partial charge in [-0.1, -0.05) is 30.3 Å². The maximum absolute atomic E-state index is 13.4. The largest absolute Gasteiger partial charge is 0.328 e. The zero-order valence-electron chi connectivity index (χ0n) is 18.2. The maximum Gasteiger partial charge on any atom is 0.328 e. The van der Waals surface area contributed by atoms with Crippen LogP contribution in [0.3, 0.4) is 0 Å². The summed E-state index contributed by atoms with van der Waals surface area (Å²) in [5.74, 6) is 0.0551. The molecule has 8 heteroatoms. The molecule has 1 fully saturated rings. The number of hydrogen-bond donors (Lipinski definition) is 0. The monoisotopic (exact) mass is 409 g/mol. The molecular weight excluding hydrogens is 382 g/mol. The number of imide groups is 1. The van der Waals surface area contributed by atoms with E-state index in [4.69, 9.17) is 4.99 Å². The van der Waals surface area contributed by atoms with Crippen molar-refractivity contribution in [2.45, 2.75) is 58.9 Å². The summed E-state index contributed by atoms with van der Waals surface area (Å²) in [7, 11) is 1.63. The molecular formula is C22H27N5O3. The SMILES string of the molecule is CC(=O)C(C)N1C(=O)C2C(N=C3N(C(C)c4ccccc4)C(C)=C(C)N32)N(C)C1=O. The first-order valence-electron chi connectivity index (χ1n) is 10.2. The summed E-state index contributed by atoms with van der Waals surface area (Å²) in [6.07, 6.45) is -0.621. The predicted molar refractivity (Wildman–Crippen MR) is 112 cm³/mol. The summed E-state index contributed by atoms with van der Waals surface area (Å²) in [6, 6.07) is 8.13. The van der Waals surface area contributed by atoms with Crippen LogP contribution >= 0.6 is 0 Å². The van der Waals surface area contributed by atoms with E-state index >= 15 is 0 Å². The molecule has 0 spiro atoms. The molecule has 0 aromatic heterocycles. The van der Waals surface area contributed by atoms with Gasteiger partial charge in [-0.2, -0.15) is 0 Å². The summed E-state index contributed by atoms with van der Waals surface area (Å²) in [4.78, 5) is 49.7. The lowest BCUT2D eigenvalue weighted by Gasteiger charge is -2.42. The second kappa shape index (κ2) is 6.97. The van der Waals surface area contributed by atoms with Crippen LogP contribution in [-0.2, 0) is 9.59 Å². The van der Waals surface area contributed by atoms with E-state index in [1.165, 1.54) is 11.8 Å². The first-order valence-corrected chi connectivity index (χ1v) is 10.2. The molecule has 3 amide bonds. The van der Waals surface area contributed by atoms with Gasteiger partial charge >= 0.3 is 6.03 Å². The van der Waals surface area contributed by atoms with Crippen molar-refractivity contribution in [3.63, 3.8) is 0 Å². The number of likely N-dealkylation sites (N-methyl/N-ethyl adjacent to an activating group) is 1. The molecule has 3 aliphatic heterocycles. The molecule has 1 aromatic carbocycles. The lowest BCUT2D eigenvalue weighted by molar-refractivity contribution is -0.142. The van der Waals surface area contributed by atoms with Crippen molar-refractivity contribution in [2.24, 2.45) is 4.99 Å². The Bertz CT molecular complexity index is 986. The minimum Gasteiger partial charge on any atom is -0.307 e. The molecule has 0 saturated carbocycles. The number of hydrogen-bond acceptors (Lipinski definition) is 6. The van der Waals surface area contributed by atoms with Crippen LogP contribution in [0.5, 0.6) is 0 Å². The number of benzene rings is 1. The fourth-order valence-corrected chi connectivity index (χ4v) is 4.48. The van der Waals surface area contributed by atoms with Crippen molar-refractivity contribution >= 4 is 23.7 Å². The van der Waals surface area contributed by atoms with E-state index in [2.05, 4.69) is 24.0 Å². The van der Waals surface area contributed by atoms with Gasteiger partial charge in [0.2, 0.25) is 5.96 Å². The highest BCUT2D eigenvalue weighted by Gasteiger charge is 2.57. The highest BCUT2D eigenvalue weighted by molar-refractivity contribution is 6.07. The number of nitrogens with zero attached hydrogens (tertiary/aromatic N) is 5. The second-order valence-corrected chi connectivity index (χ2v) is 8.17. The lowest BCUT2D eigenvalue weighted by Crippen LogP contribution is -2.67. The van der Waals surface area contributed by atoms with Gasteiger partial charge in [-0.25, -0.2) is 9.79 Å². The fraction of sp³-hybridized carbons (Fsp3) is 0.455. The van der Waals surface area contributed by atoms with Crippen LogP contribution in [0.1, 0.15) is 46.2 Å². The van der Waals surface area contributed by atoms with Crippen LogP contribution < -0.4 is 0 Å². The van der Waals surface area contributed by atoms with Crippen molar-refractivity contribution in [3.8, 4) is 0 Å². The van der Waals surface area contributed by atoms with Gasteiger partial charge in [-0.15, -0.1) is 0 Å². The van der Waals surface area contributed by atoms with Gasteiger partial charge in [0.15, 0.2) is 18.0 Å². The van der Waals surface area contributed by atoms with E-state index in [0.717, 1.165) is 21.9 Å². The minimum absolute atomic E-state index is 0.00779. The van der Waals surface area contributed by atoms with Gasteiger partial charge < -0.3 is 9.80 Å². The number of aliphatic imine (C=N–C) groups is 1. The molecule has 4 rings (SSSR count). The number of rotatable bonds is 4. The molecule has 0 aliphatic carbocycles. The van der Waals surface area contributed by atoms with Crippen molar-refractivity contribution in [3.05, 3.63) is 47.3 Å². The highest BCUT2D eigenvalue weighted by Crippen LogP contribution is 2.41. The second-order valence-electron chi connectivity index (χ2n) is 8.17. The molecule has 3 heterocycles. The van der Waals surface area contributed by atoms with Crippen LogP contribution in [0.25, 0.3) is 0 Å². The normalized spacial score (nSPS) is 25.5. The summed E-state index contributed by atoms with van der Waals surface area (Å²) in [6.45, 7) is 9.06. The van der Waals surface area contributed by atoms with E-state index in [1.54, 1.807) is 14.0 Å². The molecule has 4 unspecified atom stereocenters. The van der Waals surface area contributed by atoms with Gasteiger partial charge in [-0.3, -0.25) is 19.4 Å². The fourth-order valence-electron chi connectivity index (χ4n) is 4.48. The van der Waals surface area contributed by atoms with Gasteiger partial charge in [0.1, 0.15) is 0 Å². The van der Waals surface area contributed by atoms with Crippen molar-refractivity contribution < 1.29 is 14.4 Å². The summed E-state index contributed by atoms with van der Waals surface area (Å²) in [5.41, 5.74) is 3.07. The maximum atomic E-state index is 13.4. The lowest BCUT2D eigenvalue weighted by atomic mass is 10.1. The first-order chi connectivity index (χ1) is 14.2. The number of carbonyl (C=O) groups is 3. The topological polar surface area (TPSA) is 76.5 Å². The molecule has 3 aliphatic rings. The number of guanidine groups is 1. The molecule has 8 nitrogen and oxygen atoms in total. The minimum atomic E-state index is -0.815. The van der Waals surface area contributed by atoms with Gasteiger partial charge in [0, 0.05) is 18.4 Å². The third kappa shape index (κ3) is 2.66. The number of amides is 3. The average molecular weight is 409 g/mol. The Hall–Kier alpha value is -3.16. The van der Waals surface area contributed by atoms with Crippen molar-refractivity contribution in [1.29, 1.82) is 0 Å². The van der Waals surface area contributed by atoms with Crippen LogP contribution in [0.2, 0.25) is 0 Å². The number of Topliss-reactive ketones (excluding diaryl/α,β-unsaturated/α-hetero) is 1. The van der Waals surface area contributed by atoms with Gasteiger partial charge in [-0.05, 0) is 40.2 Å². The standard InChI is InChI=1S/C22H27N5O3/c1-12-13(2)26-18-19(24(6)22(30)27(20(18)29)14(3)16(5)28)23-21(26)25(12)15(4)17-10-8-7-9-11-17/h7-11,14-15,18-19H,1-6H3. The quantitative estimate of drug-likeness (QED) is 0.764. The Balaban J connectivity index is 1.75. The Morgan fingerprint density at radius 1 is 1.03 bits per heavy atom. The molecule has 1 saturated heterocycles. The molecule has 30 heavy (non-hydrogen) atoms. The Morgan fingerprint density at radius 2 is 1.67 bits per heavy atom. The van der Waals surface area contributed by atoms with E-state index in [-0.39, 0.29) is 17.7 Å². The highest BCUT2D eigenvalue weighted by atomic mass is 16.2. The van der Waals surface area contributed by atoms with Gasteiger partial charge in [0.25, 0.3) is 5.91 Å². The molecule has 158 valence electrons. The Labute approximate surface area is 176 Å². The van der Waals surface area contributed by atoms with Crippen LogP contribution in [-0.4, -0.2) is 68.6 Å². The summed E-state index contributed by atoms with van der Waals surface area (Å²) in [5, 5.41) is 0. The Morgan fingerprint density at radius 3 is 2.27 bits per heavy atom. The average Bonchev–Trinajstić information content (AvgIpc) is 3.22. The molecule has 0 bridgehead atoms. The van der Waals surface area contributed by atoms with Gasteiger partial charge in [0.05, 0.1) is 12.1 Å². The number of allylic oxidation sites excluding steroid dienone is 2. The van der Waals surface area contributed by atoms with Crippen LogP contribution in [0, 0.1) is 0 Å². The molecule has 4 atom stereocenters.